The standard InChI is InChI=1S/C44H35N13O14S4/c45-23-3-11-34(31(46)15-23)54-51-26-4-1-21-13-39(74(66,67)68)41(43(58)29(21)16-26)56-50-25-8-6-24(7-9-25)49-35-12-10-28(18-38(35)73(63,64)65)53-57-42-40(75(69,70)71)14-22-2-5-27(17-30(22)44(42)59)52-55-36-20-37(72(60,61)62)33(48)19-32(36)47/h1-20,49,58-59H,45-48H2,(H,60,61,62)(H,63,64,65)(H,66,67,68)(H,69,70,71). The lowest BCUT2D eigenvalue weighted by atomic mass is 10.1. The minimum Gasteiger partial charge on any atom is -0.505 e. The molecule has 0 aliphatic carbocycles. The van der Waals surface area contributed by atoms with Crippen LogP contribution in [0, 0.1) is 0 Å². The Morgan fingerprint density at radius 2 is 0.813 bits per heavy atom. The van der Waals surface area contributed by atoms with E-state index in [1.807, 2.05) is 0 Å². The van der Waals surface area contributed by atoms with E-state index in [1.54, 1.807) is 12.1 Å². The molecule has 0 aromatic heterocycles. The van der Waals surface area contributed by atoms with Crippen molar-refractivity contribution < 1.29 is 62.1 Å². The number of anilines is 6. The minimum absolute atomic E-state index is 0.0149. The fourth-order valence-corrected chi connectivity index (χ4v) is 9.64. The monoisotopic (exact) mass is 1100 g/mol. The molecular formula is C44H35N13O14S4. The van der Waals surface area contributed by atoms with Gasteiger partial charge in [-0.05, 0) is 120 Å². The molecule has 0 aliphatic rings. The summed E-state index contributed by atoms with van der Waals surface area (Å²) in [5.41, 5.74) is 22.0. The second-order valence-corrected chi connectivity index (χ2v) is 21.3. The predicted octanol–water partition coefficient (Wildman–Crippen LogP) is 10.1. The number of hydrogen-bond acceptors (Lipinski definition) is 23. The largest absolute Gasteiger partial charge is 0.505 e. The molecule has 0 fully saturated rings. The molecule has 15 N–H and O–H groups in total. The maximum atomic E-state index is 12.6. The van der Waals surface area contributed by atoms with Gasteiger partial charge < -0.3 is 38.5 Å². The van der Waals surface area contributed by atoms with Crippen molar-refractivity contribution in [2.75, 3.05) is 28.3 Å². The molecule has 0 aliphatic heterocycles. The fraction of sp³-hybridized carbons (Fsp3) is 0. The Labute approximate surface area is 423 Å². The summed E-state index contributed by atoms with van der Waals surface area (Å²) in [4.78, 5) is -3.14. The molecule has 0 spiro atoms. The molecule has 0 heterocycles. The number of nitrogens with two attached hydrogens (primary N) is 4. The Balaban J connectivity index is 1.05. The lowest BCUT2D eigenvalue weighted by Crippen LogP contribution is -2.04. The smallest absolute Gasteiger partial charge is 0.296 e. The molecule has 27 nitrogen and oxygen atoms in total. The molecule has 0 saturated carbocycles. The van der Waals surface area contributed by atoms with Crippen LogP contribution in [0.15, 0.2) is 182 Å². The van der Waals surface area contributed by atoms with Gasteiger partial charge in [0, 0.05) is 22.1 Å². The summed E-state index contributed by atoms with van der Waals surface area (Å²) in [5.74, 6) is -1.54. The lowest BCUT2D eigenvalue weighted by Gasteiger charge is -2.12. The predicted molar refractivity (Wildman–Crippen MR) is 274 cm³/mol. The summed E-state index contributed by atoms with van der Waals surface area (Å²) in [7, 11) is -19.9. The SMILES string of the molecule is Nc1ccc(N=Nc2ccc3cc(S(=O)(=O)O)c(N=Nc4ccc(Nc5ccc(N=Nc6c(S(=O)(=O)O)cc7ccc(N=Nc8cc(S(=O)(=O)O)c(N)cc8N)cc7c6O)cc5S(=O)(=O)O)cc4)c(O)c3c2)c(N)c1. The van der Waals surface area contributed by atoms with Crippen LogP contribution in [0.25, 0.3) is 21.5 Å². The first kappa shape index (κ1) is 52.2. The van der Waals surface area contributed by atoms with E-state index in [1.165, 1.54) is 72.8 Å². The normalized spacial score (nSPS) is 12.8. The number of nitrogen functional groups attached to an aromatic ring is 4. The molecule has 0 bridgehead atoms. The van der Waals surface area contributed by atoms with Crippen LogP contribution in [-0.4, -0.2) is 62.1 Å². The molecule has 0 radical (unpaired) electrons. The van der Waals surface area contributed by atoms with E-state index in [2.05, 4.69) is 46.2 Å². The van der Waals surface area contributed by atoms with Crippen molar-refractivity contribution in [1.82, 2.24) is 0 Å². The highest BCUT2D eigenvalue weighted by Crippen LogP contribution is 2.45. The van der Waals surface area contributed by atoms with Crippen molar-refractivity contribution in [2.45, 2.75) is 19.6 Å². The van der Waals surface area contributed by atoms with E-state index in [4.69, 9.17) is 22.9 Å². The van der Waals surface area contributed by atoms with Gasteiger partial charge in [0.1, 0.15) is 42.3 Å². The number of azo groups is 4. The molecule has 31 heteroatoms. The van der Waals surface area contributed by atoms with Gasteiger partial charge in [0.05, 0.1) is 45.5 Å². The quantitative estimate of drug-likeness (QED) is 0.0274. The molecule has 8 aromatic rings. The third-order valence-corrected chi connectivity index (χ3v) is 14.1. The fourth-order valence-electron chi connectivity index (χ4n) is 7.04. The number of benzene rings is 8. The van der Waals surface area contributed by atoms with E-state index in [-0.39, 0.29) is 78.4 Å². The van der Waals surface area contributed by atoms with Crippen LogP contribution in [0.4, 0.5) is 79.6 Å². The number of fused-ring (bicyclic) bond motifs is 2. The van der Waals surface area contributed by atoms with E-state index >= 15 is 0 Å². The molecule has 8 rings (SSSR count). The average molecular weight is 1100 g/mol. The Morgan fingerprint density at radius 1 is 0.373 bits per heavy atom. The van der Waals surface area contributed by atoms with Gasteiger partial charge in [-0.2, -0.15) is 54.1 Å². The Kier molecular flexibility index (Phi) is 13.8. The van der Waals surface area contributed by atoms with Gasteiger partial charge in [-0.3, -0.25) is 18.2 Å². The van der Waals surface area contributed by atoms with Gasteiger partial charge in [-0.25, -0.2) is 0 Å². The van der Waals surface area contributed by atoms with E-state index in [0.29, 0.717) is 11.4 Å². The van der Waals surface area contributed by atoms with Crippen molar-refractivity contribution >= 4 is 142 Å². The minimum atomic E-state index is -5.12. The zero-order chi connectivity index (χ0) is 54.4. The Bertz CT molecular complexity index is 4290. The summed E-state index contributed by atoms with van der Waals surface area (Å²) >= 11 is 0. The van der Waals surface area contributed by atoms with Crippen LogP contribution in [0.3, 0.4) is 0 Å². The van der Waals surface area contributed by atoms with Crippen molar-refractivity contribution in [3.63, 3.8) is 0 Å². The van der Waals surface area contributed by atoms with Crippen LogP contribution in [0.2, 0.25) is 0 Å². The third-order valence-electron chi connectivity index (χ3n) is 10.6. The second-order valence-electron chi connectivity index (χ2n) is 15.8. The summed E-state index contributed by atoms with van der Waals surface area (Å²) in [6, 6.07) is 25.2. The van der Waals surface area contributed by atoms with Crippen LogP contribution in [0.1, 0.15) is 0 Å². The van der Waals surface area contributed by atoms with Crippen LogP contribution < -0.4 is 28.3 Å². The first-order valence-electron chi connectivity index (χ1n) is 20.7. The second kappa shape index (κ2) is 19.7. The summed E-state index contributed by atoms with van der Waals surface area (Å²) in [6.07, 6.45) is 0. The first-order chi connectivity index (χ1) is 35.1. The highest BCUT2D eigenvalue weighted by Gasteiger charge is 2.25. The molecule has 8 aromatic carbocycles. The zero-order valence-electron chi connectivity index (χ0n) is 37.5. The van der Waals surface area contributed by atoms with E-state index < -0.39 is 82.9 Å². The van der Waals surface area contributed by atoms with Crippen molar-refractivity contribution in [2.24, 2.45) is 40.9 Å². The topological polar surface area (TPSA) is 473 Å². The number of hydrogen-bond donors (Lipinski definition) is 11. The van der Waals surface area contributed by atoms with Crippen molar-refractivity contribution in [3.05, 3.63) is 121 Å². The number of phenols is 2. The molecule has 0 unspecified atom stereocenters. The van der Waals surface area contributed by atoms with Crippen LogP contribution in [0.5, 0.6) is 11.5 Å². The van der Waals surface area contributed by atoms with E-state index in [0.717, 1.165) is 36.4 Å². The Morgan fingerprint density at radius 3 is 1.32 bits per heavy atom. The van der Waals surface area contributed by atoms with E-state index in [9.17, 15) is 62.1 Å². The number of nitrogens with one attached hydrogen (secondary N) is 1. The highest BCUT2D eigenvalue weighted by molar-refractivity contribution is 7.86. The molecule has 75 heavy (non-hydrogen) atoms. The van der Waals surface area contributed by atoms with Crippen molar-refractivity contribution in [1.29, 1.82) is 0 Å². The average Bonchev–Trinajstić information content (AvgIpc) is 3.32. The molecule has 0 saturated heterocycles. The summed E-state index contributed by atoms with van der Waals surface area (Å²) < 4.78 is 138. The highest BCUT2D eigenvalue weighted by atomic mass is 32.2. The van der Waals surface area contributed by atoms with Crippen LogP contribution >= 0.6 is 0 Å². The number of phenolic OH excluding ortho intramolecular Hbond substituents is 2. The zero-order valence-corrected chi connectivity index (χ0v) is 40.8. The maximum absolute atomic E-state index is 12.6. The Hall–Kier alpha value is -9.08. The van der Waals surface area contributed by atoms with Gasteiger partial charge in [0.15, 0.2) is 11.5 Å². The van der Waals surface area contributed by atoms with Crippen molar-refractivity contribution in [3.8, 4) is 11.5 Å². The maximum Gasteiger partial charge on any atom is 0.296 e. The summed E-state index contributed by atoms with van der Waals surface area (Å²) in [5, 5.41) is 57.2. The van der Waals surface area contributed by atoms with Gasteiger partial charge in [0.25, 0.3) is 40.5 Å². The first-order valence-corrected chi connectivity index (χ1v) is 26.4. The molecule has 0 atom stereocenters. The van der Waals surface area contributed by atoms with Gasteiger partial charge in [0.2, 0.25) is 0 Å². The lowest BCUT2D eigenvalue weighted by molar-refractivity contribution is 0.471. The number of rotatable bonds is 14. The van der Waals surface area contributed by atoms with Crippen LogP contribution in [-0.2, 0) is 40.5 Å². The van der Waals surface area contributed by atoms with Gasteiger partial charge in [-0.1, -0.05) is 12.1 Å². The van der Waals surface area contributed by atoms with Gasteiger partial charge >= 0.3 is 0 Å². The molecule has 0 amide bonds. The molecular weight excluding hydrogens is 1060 g/mol. The number of aromatic hydroxyl groups is 2. The summed E-state index contributed by atoms with van der Waals surface area (Å²) in [6.45, 7) is 0. The molecule has 384 valence electrons. The number of nitrogens with zero attached hydrogens (tertiary/aromatic N) is 8. The van der Waals surface area contributed by atoms with Gasteiger partial charge in [-0.15, -0.1) is 20.5 Å². The third kappa shape index (κ3) is 11.6.